The standard InChI is InChI=1S/C8H4O3.C4H2O3.C3H6/c9-7-5-3-1-2-4-6(5)8(10)11-7;5-3-1-2-4(6)7-3;1-3-2/h1-4H;1-2H;3H,1H2,2H3. The maximum atomic E-state index is 10.8. The maximum Gasteiger partial charge on any atom is 0.346 e. The van der Waals surface area contributed by atoms with Crippen molar-refractivity contribution in [2.45, 2.75) is 6.92 Å². The van der Waals surface area contributed by atoms with Gasteiger partial charge in [0.15, 0.2) is 0 Å². The third-order valence-corrected chi connectivity index (χ3v) is 2.11. The van der Waals surface area contributed by atoms with Crippen molar-refractivity contribution >= 4 is 23.9 Å². The van der Waals surface area contributed by atoms with Crippen LogP contribution in [0.4, 0.5) is 0 Å². The summed E-state index contributed by atoms with van der Waals surface area (Å²) in [5, 5.41) is 0. The summed E-state index contributed by atoms with van der Waals surface area (Å²) in [4.78, 5) is 41.5. The molecule has 108 valence electrons. The van der Waals surface area contributed by atoms with Gasteiger partial charge >= 0.3 is 23.9 Å². The highest BCUT2D eigenvalue weighted by Crippen LogP contribution is 2.18. The topological polar surface area (TPSA) is 86.7 Å². The van der Waals surface area contributed by atoms with E-state index < -0.39 is 23.9 Å². The number of allylic oxidation sites excluding steroid dienone is 1. The first-order valence-electron chi connectivity index (χ1n) is 5.86. The van der Waals surface area contributed by atoms with Crippen molar-refractivity contribution in [1.82, 2.24) is 0 Å². The number of cyclic esters (lactones) is 4. The molecule has 2 heterocycles. The van der Waals surface area contributed by atoms with Gasteiger partial charge in [0.05, 0.1) is 11.1 Å². The number of fused-ring (bicyclic) bond motifs is 1. The van der Waals surface area contributed by atoms with Gasteiger partial charge in [-0.05, 0) is 19.1 Å². The van der Waals surface area contributed by atoms with Gasteiger partial charge in [-0.2, -0.15) is 0 Å². The van der Waals surface area contributed by atoms with E-state index in [-0.39, 0.29) is 0 Å². The first kappa shape index (κ1) is 16.0. The lowest BCUT2D eigenvalue weighted by molar-refractivity contribution is -0.150. The zero-order valence-corrected chi connectivity index (χ0v) is 11.2. The Hall–Kier alpha value is -3.02. The Morgan fingerprint density at radius 1 is 0.857 bits per heavy atom. The van der Waals surface area contributed by atoms with Gasteiger partial charge in [0, 0.05) is 12.2 Å². The Labute approximate surface area is 120 Å². The molecule has 0 N–H and O–H groups in total. The van der Waals surface area contributed by atoms with Gasteiger partial charge in [0.25, 0.3) is 0 Å². The Morgan fingerprint density at radius 2 is 1.24 bits per heavy atom. The highest BCUT2D eigenvalue weighted by molar-refractivity contribution is 6.14. The van der Waals surface area contributed by atoms with Gasteiger partial charge in [0.2, 0.25) is 0 Å². The molecule has 21 heavy (non-hydrogen) atoms. The van der Waals surface area contributed by atoms with Crippen molar-refractivity contribution in [2.75, 3.05) is 0 Å². The monoisotopic (exact) mass is 288 g/mol. The van der Waals surface area contributed by atoms with E-state index in [9.17, 15) is 19.2 Å². The Bertz CT molecular complexity index is 578. The minimum atomic E-state index is -0.579. The van der Waals surface area contributed by atoms with Crippen LogP contribution in [0.2, 0.25) is 0 Å². The molecule has 6 nitrogen and oxygen atoms in total. The van der Waals surface area contributed by atoms with Crippen molar-refractivity contribution in [3.05, 3.63) is 60.2 Å². The number of rotatable bonds is 0. The molecule has 0 aromatic heterocycles. The Morgan fingerprint density at radius 3 is 1.52 bits per heavy atom. The van der Waals surface area contributed by atoms with Crippen LogP contribution in [0.1, 0.15) is 27.6 Å². The van der Waals surface area contributed by atoms with Crippen LogP contribution < -0.4 is 0 Å². The summed E-state index contributed by atoms with van der Waals surface area (Å²) in [6.45, 7) is 5.25. The van der Waals surface area contributed by atoms with Crippen LogP contribution >= 0.6 is 0 Å². The molecule has 2 aliphatic heterocycles. The summed E-state index contributed by atoms with van der Waals surface area (Å²) in [5.74, 6) is -2.26. The molecular weight excluding hydrogens is 276 g/mol. The molecule has 0 bridgehead atoms. The first-order chi connectivity index (χ1) is 9.99. The van der Waals surface area contributed by atoms with E-state index in [1.165, 1.54) is 0 Å². The van der Waals surface area contributed by atoms with E-state index in [0.29, 0.717) is 11.1 Å². The number of carbonyl (C=O) groups is 4. The second kappa shape index (κ2) is 7.54. The lowest BCUT2D eigenvalue weighted by Crippen LogP contribution is -1.96. The van der Waals surface area contributed by atoms with Crippen molar-refractivity contribution < 1.29 is 28.7 Å². The zero-order valence-electron chi connectivity index (χ0n) is 11.2. The quantitative estimate of drug-likeness (QED) is 0.411. The van der Waals surface area contributed by atoms with E-state index in [0.717, 1.165) is 12.2 Å². The first-order valence-corrected chi connectivity index (χ1v) is 5.86. The molecule has 0 saturated carbocycles. The lowest BCUT2D eigenvalue weighted by Gasteiger charge is -1.86. The average Bonchev–Trinajstić information content (AvgIpc) is 2.96. The van der Waals surface area contributed by atoms with Crippen LogP contribution in [0, 0.1) is 0 Å². The van der Waals surface area contributed by atoms with E-state index in [2.05, 4.69) is 16.1 Å². The van der Waals surface area contributed by atoms with Crippen molar-refractivity contribution in [3.63, 3.8) is 0 Å². The smallest absolute Gasteiger partial charge is 0.346 e. The van der Waals surface area contributed by atoms with Crippen molar-refractivity contribution in [3.8, 4) is 0 Å². The maximum absolute atomic E-state index is 10.8. The fourth-order valence-corrected chi connectivity index (χ4v) is 1.34. The number of benzene rings is 1. The molecule has 0 unspecified atom stereocenters. The third kappa shape index (κ3) is 4.54. The largest absolute Gasteiger partial charge is 0.387 e. The summed E-state index contributed by atoms with van der Waals surface area (Å²) in [6.07, 6.45) is 3.92. The molecule has 0 saturated heterocycles. The van der Waals surface area contributed by atoms with Crippen LogP contribution in [-0.4, -0.2) is 23.9 Å². The van der Waals surface area contributed by atoms with Crippen LogP contribution in [0.3, 0.4) is 0 Å². The molecule has 0 aliphatic carbocycles. The molecule has 0 fully saturated rings. The fourth-order valence-electron chi connectivity index (χ4n) is 1.34. The van der Waals surface area contributed by atoms with Gasteiger partial charge < -0.3 is 9.47 Å². The van der Waals surface area contributed by atoms with Crippen LogP contribution in [0.5, 0.6) is 0 Å². The molecule has 0 atom stereocenters. The summed E-state index contributed by atoms with van der Waals surface area (Å²) in [7, 11) is 0. The van der Waals surface area contributed by atoms with Crippen LogP contribution in [0.25, 0.3) is 0 Å². The Kier molecular flexibility index (Phi) is 5.76. The molecule has 0 radical (unpaired) electrons. The summed E-state index contributed by atoms with van der Waals surface area (Å²) >= 11 is 0. The van der Waals surface area contributed by atoms with Crippen LogP contribution in [-0.2, 0) is 19.1 Å². The van der Waals surface area contributed by atoms with Crippen molar-refractivity contribution in [1.29, 1.82) is 0 Å². The van der Waals surface area contributed by atoms with Gasteiger partial charge in [0.1, 0.15) is 0 Å². The van der Waals surface area contributed by atoms with E-state index in [1.54, 1.807) is 30.3 Å². The molecule has 0 amide bonds. The molecule has 6 heteroatoms. The van der Waals surface area contributed by atoms with Gasteiger partial charge in [-0.3, -0.25) is 0 Å². The second-order valence-corrected chi connectivity index (χ2v) is 3.70. The number of esters is 4. The third-order valence-electron chi connectivity index (χ3n) is 2.11. The summed E-state index contributed by atoms with van der Waals surface area (Å²) in [5.41, 5.74) is 0.718. The summed E-state index contributed by atoms with van der Waals surface area (Å²) in [6, 6.07) is 6.53. The van der Waals surface area contributed by atoms with Crippen molar-refractivity contribution in [2.24, 2.45) is 0 Å². The van der Waals surface area contributed by atoms with Gasteiger partial charge in [-0.25, -0.2) is 19.2 Å². The molecule has 2 aliphatic rings. The van der Waals surface area contributed by atoms with Gasteiger partial charge in [-0.1, -0.05) is 18.2 Å². The number of ether oxygens (including phenoxy) is 2. The second-order valence-electron chi connectivity index (χ2n) is 3.70. The molecular formula is C15H12O6. The van der Waals surface area contributed by atoms with Gasteiger partial charge in [-0.15, -0.1) is 6.58 Å². The SMILES string of the molecule is C=CC.O=C1C=CC(=O)O1.O=C1OC(=O)c2ccccc21. The molecule has 1 aromatic carbocycles. The van der Waals surface area contributed by atoms with Crippen LogP contribution in [0.15, 0.2) is 49.1 Å². The predicted octanol–water partition coefficient (Wildman–Crippen LogP) is 1.82. The Balaban J connectivity index is 0.000000190. The predicted molar refractivity (Wildman–Crippen MR) is 72.3 cm³/mol. The molecule has 1 aromatic rings. The molecule has 0 spiro atoms. The highest BCUT2D eigenvalue weighted by atomic mass is 16.6. The minimum absolute atomic E-state index is 0.359. The van der Waals surface area contributed by atoms with E-state index in [4.69, 9.17) is 0 Å². The average molecular weight is 288 g/mol. The lowest BCUT2D eigenvalue weighted by atomic mass is 10.1. The number of hydrogen-bond acceptors (Lipinski definition) is 6. The summed E-state index contributed by atoms with van der Waals surface area (Å²) < 4.78 is 8.33. The fraction of sp³-hybridized carbons (Fsp3) is 0.0667. The zero-order chi connectivity index (χ0) is 15.8. The van der Waals surface area contributed by atoms with E-state index >= 15 is 0 Å². The minimum Gasteiger partial charge on any atom is -0.387 e. The number of hydrogen-bond donors (Lipinski definition) is 0. The normalized spacial score (nSPS) is 14.1. The highest BCUT2D eigenvalue weighted by Gasteiger charge is 2.28. The van der Waals surface area contributed by atoms with E-state index in [1.807, 2.05) is 6.92 Å². The molecule has 3 rings (SSSR count). The number of carbonyl (C=O) groups excluding carboxylic acids is 4.